The predicted octanol–water partition coefficient (Wildman–Crippen LogP) is 5.03. The predicted molar refractivity (Wildman–Crippen MR) is 172 cm³/mol. The van der Waals surface area contributed by atoms with E-state index in [0.717, 1.165) is 27.7 Å². The first-order valence-electron chi connectivity index (χ1n) is 15.3. The number of carbonyl (C=O) groups excluding carboxylic acids is 1. The number of ether oxygens (including phenoxy) is 1. The van der Waals surface area contributed by atoms with Crippen molar-refractivity contribution >= 4 is 39.8 Å². The first kappa shape index (κ1) is 31.9. The topological polar surface area (TPSA) is 69.4 Å². The second-order valence-electron chi connectivity index (χ2n) is 12.0. The number of allylic oxidation sites excluding steroid dienone is 1. The van der Waals surface area contributed by atoms with Crippen molar-refractivity contribution in [1.82, 2.24) is 19.8 Å². The second kappa shape index (κ2) is 13.3. The van der Waals surface area contributed by atoms with E-state index in [4.69, 9.17) is 32.9 Å². The smallest absolute Gasteiger partial charge is 0.318 e. The number of hydrogen-bond donors (Lipinski definition) is 0. The molecule has 6 rings (SSSR count). The van der Waals surface area contributed by atoms with Gasteiger partial charge in [-0.3, -0.25) is 9.69 Å². The van der Waals surface area contributed by atoms with Gasteiger partial charge in [-0.2, -0.15) is 9.97 Å². The highest BCUT2D eigenvalue weighted by Gasteiger charge is 2.43. The summed E-state index contributed by atoms with van der Waals surface area (Å²) < 4.78 is 46.9. The minimum atomic E-state index is -2.78. The van der Waals surface area contributed by atoms with Crippen LogP contribution < -0.4 is 14.5 Å². The Morgan fingerprint density at radius 3 is 2.70 bits per heavy atom. The molecule has 2 saturated heterocycles. The van der Waals surface area contributed by atoms with Crippen molar-refractivity contribution in [2.24, 2.45) is 0 Å². The Balaban J connectivity index is 1.32. The van der Waals surface area contributed by atoms with Gasteiger partial charge in [-0.1, -0.05) is 35.9 Å². The summed E-state index contributed by atoms with van der Waals surface area (Å²) in [4.78, 5) is 33.4. The highest BCUT2D eigenvalue weighted by Crippen LogP contribution is 2.37. The van der Waals surface area contributed by atoms with Gasteiger partial charge in [-0.15, -0.1) is 0 Å². The number of halogens is 4. The van der Waals surface area contributed by atoms with Gasteiger partial charge in [0.25, 0.3) is 5.92 Å². The third-order valence-electron chi connectivity index (χ3n) is 8.96. The molecule has 3 aromatic rings. The van der Waals surface area contributed by atoms with Crippen LogP contribution >= 0.6 is 11.6 Å². The highest BCUT2D eigenvalue weighted by atomic mass is 35.5. The lowest BCUT2D eigenvalue weighted by Crippen LogP contribution is -2.56. The molecule has 1 aromatic heterocycles. The molecule has 3 aliphatic heterocycles. The van der Waals surface area contributed by atoms with Crippen LogP contribution in [0.4, 0.5) is 24.7 Å². The molecule has 1 amide bonds. The van der Waals surface area contributed by atoms with Crippen molar-refractivity contribution in [1.29, 1.82) is 0 Å². The molecular weight excluding hydrogens is 619 g/mol. The summed E-state index contributed by atoms with van der Waals surface area (Å²) in [5.41, 5.74) is 2.68. The summed E-state index contributed by atoms with van der Waals surface area (Å²) in [6.45, 7) is 8.75. The molecule has 46 heavy (non-hydrogen) atoms. The maximum Gasteiger partial charge on any atom is 0.318 e. The highest BCUT2D eigenvalue weighted by molar-refractivity contribution is 6.36. The van der Waals surface area contributed by atoms with Crippen LogP contribution in [0.5, 0.6) is 6.01 Å². The zero-order valence-electron chi connectivity index (χ0n) is 25.5. The van der Waals surface area contributed by atoms with Gasteiger partial charge in [0.1, 0.15) is 25.1 Å². The van der Waals surface area contributed by atoms with Crippen molar-refractivity contribution in [3.05, 3.63) is 76.2 Å². The molecule has 0 aliphatic carbocycles. The minimum Gasteiger partial charge on any atom is -0.462 e. The Kier molecular flexibility index (Phi) is 9.25. The van der Waals surface area contributed by atoms with Crippen LogP contribution in [0.15, 0.2) is 48.6 Å². The third kappa shape index (κ3) is 6.57. The van der Waals surface area contributed by atoms with E-state index in [1.54, 1.807) is 16.8 Å². The standard InChI is InChI=1S/C33H35ClF3N7O2/c1-38-17-24-18-43(14-15-44(24)29(45)10-5-12-35)31-25-11-13-42(28-9-4-7-22-6-3-8-26(34)30(22)28)19-27(25)39-32(40-31)46-20-23-16-33(36,37)21-41(23)2/h3-10,23-24H,11-21H2,2H3/b10-5+/t23-,24-/m0/s1. The molecule has 9 nitrogen and oxygen atoms in total. The third-order valence-corrected chi connectivity index (χ3v) is 9.27. The van der Waals surface area contributed by atoms with E-state index >= 15 is 0 Å². The van der Waals surface area contributed by atoms with E-state index in [-0.39, 0.29) is 38.0 Å². The second-order valence-corrected chi connectivity index (χ2v) is 12.4. The minimum absolute atomic E-state index is 0.0104. The summed E-state index contributed by atoms with van der Waals surface area (Å²) in [6.07, 6.45) is 2.70. The van der Waals surface area contributed by atoms with Gasteiger partial charge in [0.15, 0.2) is 0 Å². The molecule has 0 N–H and O–H groups in total. The van der Waals surface area contributed by atoms with Gasteiger partial charge in [-0.25, -0.2) is 19.7 Å². The lowest BCUT2D eigenvalue weighted by Gasteiger charge is -2.41. The largest absolute Gasteiger partial charge is 0.462 e. The summed E-state index contributed by atoms with van der Waals surface area (Å²) in [5, 5.41) is 2.64. The molecule has 2 atom stereocenters. The monoisotopic (exact) mass is 653 g/mol. The number of anilines is 2. The Morgan fingerprint density at radius 1 is 1.15 bits per heavy atom. The molecule has 2 fully saturated rings. The molecule has 242 valence electrons. The van der Waals surface area contributed by atoms with Crippen molar-refractivity contribution < 1.29 is 22.7 Å². The first-order valence-corrected chi connectivity index (χ1v) is 15.7. The van der Waals surface area contributed by atoms with E-state index < -0.39 is 24.7 Å². The number of carbonyl (C=O) groups is 1. The fourth-order valence-corrected chi connectivity index (χ4v) is 7.00. The van der Waals surface area contributed by atoms with E-state index in [9.17, 15) is 18.0 Å². The normalized spacial score (nSPS) is 21.5. The molecule has 0 radical (unpaired) electrons. The van der Waals surface area contributed by atoms with Gasteiger partial charge in [0.2, 0.25) is 12.5 Å². The number of alkyl halides is 3. The number of fused-ring (bicyclic) bond motifs is 2. The maximum absolute atomic E-state index is 14.1. The number of likely N-dealkylation sites (tertiary alicyclic amines) is 1. The zero-order valence-corrected chi connectivity index (χ0v) is 26.3. The Bertz CT molecular complexity index is 1680. The summed E-state index contributed by atoms with van der Waals surface area (Å²) in [5.74, 6) is -2.46. The Morgan fingerprint density at radius 2 is 1.96 bits per heavy atom. The number of aromatic nitrogens is 2. The van der Waals surface area contributed by atoms with Gasteiger partial charge in [0, 0.05) is 61.4 Å². The van der Waals surface area contributed by atoms with E-state index in [1.807, 2.05) is 41.3 Å². The van der Waals surface area contributed by atoms with Crippen LogP contribution in [0.1, 0.15) is 17.7 Å². The molecule has 4 heterocycles. The van der Waals surface area contributed by atoms with E-state index in [1.165, 1.54) is 12.2 Å². The molecule has 0 saturated carbocycles. The van der Waals surface area contributed by atoms with Gasteiger partial charge >= 0.3 is 6.01 Å². The molecule has 0 unspecified atom stereocenters. The molecule has 13 heteroatoms. The fourth-order valence-electron chi connectivity index (χ4n) is 6.72. The van der Waals surface area contributed by atoms with Crippen LogP contribution in [-0.2, 0) is 17.8 Å². The average Bonchev–Trinajstić information content (AvgIpc) is 3.32. The summed E-state index contributed by atoms with van der Waals surface area (Å²) in [7, 11) is 1.66. The van der Waals surface area contributed by atoms with Crippen LogP contribution in [0.25, 0.3) is 15.6 Å². The van der Waals surface area contributed by atoms with Crippen LogP contribution in [0, 0.1) is 6.57 Å². The van der Waals surface area contributed by atoms with Gasteiger partial charge in [0.05, 0.1) is 23.8 Å². The van der Waals surface area contributed by atoms with Gasteiger partial charge < -0.3 is 24.3 Å². The van der Waals surface area contributed by atoms with Gasteiger partial charge in [-0.05, 0) is 37.1 Å². The molecule has 0 spiro atoms. The average molecular weight is 654 g/mol. The number of hydrogen-bond acceptors (Lipinski definition) is 7. The lowest BCUT2D eigenvalue weighted by atomic mass is 10.0. The van der Waals surface area contributed by atoms with E-state index in [0.29, 0.717) is 50.0 Å². The van der Waals surface area contributed by atoms with E-state index in [2.05, 4.69) is 9.74 Å². The quantitative estimate of drug-likeness (QED) is 0.250. The number of likely N-dealkylation sites (N-methyl/N-ethyl adjacent to an activating group) is 1. The zero-order chi connectivity index (χ0) is 32.4. The SMILES string of the molecule is [C-]#[N+]C[C@H]1CN(c2nc(OC[C@@H]3CC(F)(F)CN3C)nc3c2CCN(c2cccc4cccc(Cl)c24)C3)CCN1C(=O)/C=C/CF. The summed E-state index contributed by atoms with van der Waals surface area (Å²) in [6, 6.07) is 11.1. The van der Waals surface area contributed by atoms with Crippen molar-refractivity contribution in [2.45, 2.75) is 37.4 Å². The summed E-state index contributed by atoms with van der Waals surface area (Å²) >= 11 is 6.66. The van der Waals surface area contributed by atoms with Crippen molar-refractivity contribution in [3.63, 3.8) is 0 Å². The maximum atomic E-state index is 14.1. The molecule has 0 bridgehead atoms. The first-order chi connectivity index (χ1) is 22.2. The van der Waals surface area contributed by atoms with Crippen LogP contribution in [-0.4, -0.2) is 103 Å². The van der Waals surface area contributed by atoms with Crippen molar-refractivity contribution in [3.8, 4) is 6.01 Å². The fraction of sp³-hybridized carbons (Fsp3) is 0.455. The van der Waals surface area contributed by atoms with Crippen LogP contribution in [0.3, 0.4) is 0 Å². The van der Waals surface area contributed by atoms with Crippen molar-refractivity contribution in [2.75, 3.05) is 69.4 Å². The number of nitrogens with zero attached hydrogens (tertiary/aromatic N) is 7. The lowest BCUT2D eigenvalue weighted by molar-refractivity contribution is -0.128. The molecule has 3 aliphatic rings. The Hall–Kier alpha value is -4.08. The van der Waals surface area contributed by atoms with Crippen LogP contribution in [0.2, 0.25) is 5.02 Å². The Labute approximate surface area is 271 Å². The molecule has 2 aromatic carbocycles. The number of piperazine rings is 1. The number of benzene rings is 2. The number of amides is 1. The number of rotatable bonds is 8. The molecular formula is C33H35ClF3N7O2.